The van der Waals surface area contributed by atoms with Crippen LogP contribution in [0.5, 0.6) is 0 Å². The number of methoxy groups -OCH3 is 1. The number of carbonyl (C=O) groups excluding carboxylic acids is 2. The molecule has 3 saturated carbocycles. The van der Waals surface area contributed by atoms with Crippen molar-refractivity contribution in [3.63, 3.8) is 0 Å². The summed E-state index contributed by atoms with van der Waals surface area (Å²) < 4.78 is 4.76. The van der Waals surface area contributed by atoms with Crippen LogP contribution in [0, 0.1) is 28.6 Å². The SMILES string of the molecule is COC(=O)[C@H]1C[C@@H](O)CN1C(=O)CO/N=C1/C=C2CC[C@H]3[C@@H]4CC[C@@H](O)[C@@]4(C)CC[C@@H]3[C@@]2(C)CC1. The quantitative estimate of drug-likeness (QED) is 0.465. The number of β-amino-alcohol motifs (C(OH)–C–C–N with tert-alkyl or cyclic N) is 1. The molecule has 194 valence electrons. The van der Waals surface area contributed by atoms with Gasteiger partial charge in [-0.1, -0.05) is 24.6 Å². The van der Waals surface area contributed by atoms with Gasteiger partial charge in [0, 0.05) is 13.0 Å². The second-order valence-corrected chi connectivity index (χ2v) is 12.0. The maximum Gasteiger partial charge on any atom is 0.328 e. The van der Waals surface area contributed by atoms with E-state index in [1.807, 2.05) is 0 Å². The van der Waals surface area contributed by atoms with E-state index in [0.29, 0.717) is 17.8 Å². The Kier molecular flexibility index (Phi) is 6.49. The average Bonchev–Trinajstić information content (AvgIpc) is 3.38. The minimum atomic E-state index is -0.773. The first kappa shape index (κ1) is 24.8. The minimum absolute atomic E-state index is 0.0959. The van der Waals surface area contributed by atoms with Crippen LogP contribution in [-0.2, 0) is 19.2 Å². The summed E-state index contributed by atoms with van der Waals surface area (Å²) in [6.07, 6.45) is 9.99. The van der Waals surface area contributed by atoms with E-state index in [9.17, 15) is 19.8 Å². The Morgan fingerprint density at radius 3 is 2.69 bits per heavy atom. The molecule has 5 rings (SSSR count). The molecule has 1 saturated heterocycles. The van der Waals surface area contributed by atoms with Crippen LogP contribution >= 0.6 is 0 Å². The largest absolute Gasteiger partial charge is 0.467 e. The summed E-state index contributed by atoms with van der Waals surface area (Å²) in [6, 6.07) is -0.773. The van der Waals surface area contributed by atoms with E-state index in [1.54, 1.807) is 0 Å². The number of aliphatic hydroxyl groups excluding tert-OH is 2. The molecule has 5 aliphatic rings. The molecular weight excluding hydrogens is 448 g/mol. The highest BCUT2D eigenvalue weighted by Gasteiger charge is 2.58. The summed E-state index contributed by atoms with van der Waals surface area (Å²) in [6.45, 7) is 4.58. The Morgan fingerprint density at radius 1 is 1.11 bits per heavy atom. The number of ether oxygens (including phenoxy) is 1. The average molecular weight is 489 g/mol. The molecule has 8 nitrogen and oxygen atoms in total. The zero-order valence-corrected chi connectivity index (χ0v) is 21.2. The van der Waals surface area contributed by atoms with Crippen molar-refractivity contribution < 1.29 is 29.4 Å². The maximum atomic E-state index is 12.6. The number of hydrogen-bond donors (Lipinski definition) is 2. The van der Waals surface area contributed by atoms with Gasteiger partial charge in [-0.3, -0.25) is 4.79 Å². The number of esters is 1. The fourth-order valence-electron chi connectivity index (χ4n) is 8.32. The molecule has 0 unspecified atom stereocenters. The summed E-state index contributed by atoms with van der Waals surface area (Å²) in [7, 11) is 1.28. The molecule has 0 aromatic carbocycles. The van der Waals surface area contributed by atoms with Crippen molar-refractivity contribution in [3.8, 4) is 0 Å². The van der Waals surface area contributed by atoms with Crippen molar-refractivity contribution in [2.24, 2.45) is 33.7 Å². The fraction of sp³-hybridized carbons (Fsp3) is 0.815. The van der Waals surface area contributed by atoms with Crippen LogP contribution in [0.2, 0.25) is 0 Å². The third kappa shape index (κ3) is 4.10. The lowest BCUT2D eigenvalue weighted by Crippen LogP contribution is -2.51. The number of aliphatic hydroxyl groups is 2. The highest BCUT2D eigenvalue weighted by molar-refractivity contribution is 5.96. The Labute approximate surface area is 207 Å². The monoisotopic (exact) mass is 488 g/mol. The Hall–Kier alpha value is -1.93. The summed E-state index contributed by atoms with van der Waals surface area (Å²) >= 11 is 0. The number of likely N-dealkylation sites (tertiary alicyclic amines) is 1. The van der Waals surface area contributed by atoms with Crippen LogP contribution in [0.3, 0.4) is 0 Å². The number of allylic oxidation sites excluding steroid dienone is 2. The van der Waals surface area contributed by atoms with E-state index in [1.165, 1.54) is 30.4 Å². The third-order valence-electron chi connectivity index (χ3n) is 10.4. The topological polar surface area (TPSA) is 109 Å². The van der Waals surface area contributed by atoms with E-state index in [2.05, 4.69) is 25.1 Å². The molecule has 1 heterocycles. The summed E-state index contributed by atoms with van der Waals surface area (Å²) in [5, 5.41) is 24.8. The molecule has 2 N–H and O–H groups in total. The second-order valence-electron chi connectivity index (χ2n) is 12.0. The van der Waals surface area contributed by atoms with E-state index >= 15 is 0 Å². The van der Waals surface area contributed by atoms with Gasteiger partial charge in [0.1, 0.15) is 6.04 Å². The minimum Gasteiger partial charge on any atom is -0.467 e. The molecule has 1 amide bonds. The van der Waals surface area contributed by atoms with Gasteiger partial charge in [0.05, 0.1) is 25.0 Å². The first-order valence-electron chi connectivity index (χ1n) is 13.3. The zero-order valence-electron chi connectivity index (χ0n) is 21.2. The molecule has 8 atom stereocenters. The normalized spacial score (nSPS) is 43.7. The van der Waals surface area contributed by atoms with Crippen molar-refractivity contribution in [1.82, 2.24) is 4.90 Å². The number of rotatable bonds is 4. The van der Waals surface area contributed by atoms with E-state index in [-0.39, 0.29) is 42.4 Å². The van der Waals surface area contributed by atoms with Crippen molar-refractivity contribution in [2.75, 3.05) is 20.3 Å². The lowest BCUT2D eigenvalue weighted by Gasteiger charge is -2.57. The lowest BCUT2D eigenvalue weighted by molar-refractivity contribution is -0.152. The number of hydrogen-bond acceptors (Lipinski definition) is 7. The summed E-state index contributed by atoms with van der Waals surface area (Å²) in [5.74, 6) is 1.09. The molecular formula is C27H40N2O6. The Bertz CT molecular complexity index is 933. The third-order valence-corrected chi connectivity index (χ3v) is 10.4. The van der Waals surface area contributed by atoms with Crippen molar-refractivity contribution in [3.05, 3.63) is 11.6 Å². The highest BCUT2D eigenvalue weighted by Crippen LogP contribution is 2.65. The second kappa shape index (κ2) is 9.18. The van der Waals surface area contributed by atoms with Gasteiger partial charge in [-0.05, 0) is 86.0 Å². The van der Waals surface area contributed by atoms with Crippen LogP contribution in [0.25, 0.3) is 0 Å². The molecule has 8 heteroatoms. The van der Waals surface area contributed by atoms with Crippen molar-refractivity contribution >= 4 is 17.6 Å². The zero-order chi connectivity index (χ0) is 25.0. The predicted molar refractivity (Wildman–Crippen MR) is 129 cm³/mol. The molecule has 0 spiro atoms. The lowest BCUT2D eigenvalue weighted by atomic mass is 9.47. The number of amides is 1. The van der Waals surface area contributed by atoms with E-state index in [4.69, 9.17) is 9.57 Å². The number of fused-ring (bicyclic) bond motifs is 5. The summed E-state index contributed by atoms with van der Waals surface area (Å²) in [4.78, 5) is 31.3. The Balaban J connectivity index is 1.23. The van der Waals surface area contributed by atoms with E-state index < -0.39 is 18.1 Å². The van der Waals surface area contributed by atoms with Gasteiger partial charge in [0.15, 0.2) is 6.61 Å². The van der Waals surface area contributed by atoms with Gasteiger partial charge in [0.25, 0.3) is 5.91 Å². The maximum absolute atomic E-state index is 12.6. The van der Waals surface area contributed by atoms with Gasteiger partial charge in [-0.15, -0.1) is 0 Å². The Morgan fingerprint density at radius 2 is 1.91 bits per heavy atom. The van der Waals surface area contributed by atoms with Gasteiger partial charge in [0.2, 0.25) is 0 Å². The number of nitrogens with zero attached hydrogens (tertiary/aromatic N) is 2. The van der Waals surface area contributed by atoms with E-state index in [0.717, 1.165) is 44.2 Å². The van der Waals surface area contributed by atoms with Gasteiger partial charge in [-0.2, -0.15) is 0 Å². The van der Waals surface area contributed by atoms with Crippen LogP contribution in [0.1, 0.15) is 71.6 Å². The van der Waals surface area contributed by atoms with Crippen LogP contribution in [0.15, 0.2) is 16.8 Å². The van der Waals surface area contributed by atoms with Gasteiger partial charge >= 0.3 is 5.97 Å². The highest BCUT2D eigenvalue weighted by atomic mass is 16.6. The molecule has 4 fully saturated rings. The van der Waals surface area contributed by atoms with Crippen molar-refractivity contribution in [1.29, 1.82) is 0 Å². The number of oxime groups is 1. The molecule has 0 bridgehead atoms. The predicted octanol–water partition coefficient (Wildman–Crippen LogP) is 2.82. The molecule has 4 aliphatic carbocycles. The van der Waals surface area contributed by atoms with Crippen LogP contribution in [0.4, 0.5) is 0 Å². The van der Waals surface area contributed by atoms with Crippen LogP contribution < -0.4 is 0 Å². The van der Waals surface area contributed by atoms with Crippen LogP contribution in [-0.4, -0.2) is 71.2 Å². The van der Waals surface area contributed by atoms with Gasteiger partial charge < -0.3 is 24.7 Å². The van der Waals surface area contributed by atoms with Gasteiger partial charge in [-0.25, -0.2) is 4.79 Å². The van der Waals surface area contributed by atoms with Crippen molar-refractivity contribution in [2.45, 2.75) is 89.9 Å². The summed E-state index contributed by atoms with van der Waals surface area (Å²) in [5.41, 5.74) is 2.59. The molecule has 0 aromatic rings. The molecule has 0 radical (unpaired) electrons. The molecule has 35 heavy (non-hydrogen) atoms. The molecule has 1 aliphatic heterocycles. The number of carbonyl (C=O) groups is 2. The smallest absolute Gasteiger partial charge is 0.328 e. The fourth-order valence-corrected chi connectivity index (χ4v) is 8.32. The first-order valence-corrected chi connectivity index (χ1v) is 13.3. The molecule has 0 aromatic heterocycles. The first-order chi connectivity index (χ1) is 16.7. The standard InChI is InChI=1S/C27H40N2O6/c1-26-10-8-17(28-35-15-24(32)29-14-18(30)13-22(29)25(33)34-3)12-16(26)4-5-19-20-6-7-23(31)27(20,2)11-9-21(19)26/h12,18-23,30-31H,4-11,13-15H2,1-3H3/b28-17+/t18-,19+,20+,21+,22-,23-,26+,27+/m1/s1.